The number of hydrogen-bond donors (Lipinski definition) is 1. The Morgan fingerprint density at radius 3 is 2.78 bits per heavy atom. The third kappa shape index (κ3) is 4.10. The van der Waals surface area contributed by atoms with Crippen molar-refractivity contribution in [3.8, 4) is 0 Å². The van der Waals surface area contributed by atoms with Crippen LogP contribution in [0.15, 0.2) is 11.1 Å². The average molecular weight is 344 g/mol. The van der Waals surface area contributed by atoms with Crippen LogP contribution in [0.5, 0.6) is 0 Å². The first-order chi connectivity index (χ1) is 10.9. The predicted molar refractivity (Wildman–Crippen MR) is 84.8 cm³/mol. The molecule has 1 fully saturated rings. The van der Waals surface area contributed by atoms with E-state index in [1.807, 2.05) is 18.7 Å². The van der Waals surface area contributed by atoms with Crippen LogP contribution in [0.3, 0.4) is 0 Å². The molecule has 0 spiro atoms. The lowest BCUT2D eigenvalue weighted by molar-refractivity contribution is -0.134. The van der Waals surface area contributed by atoms with E-state index in [2.05, 4.69) is 10.2 Å². The second-order valence-corrected chi connectivity index (χ2v) is 7.53. The highest BCUT2D eigenvalue weighted by Crippen LogP contribution is 2.27. The van der Waals surface area contributed by atoms with Crippen molar-refractivity contribution in [3.05, 3.63) is 11.9 Å². The second-order valence-electron chi connectivity index (χ2n) is 5.55. The van der Waals surface area contributed by atoms with Crippen molar-refractivity contribution >= 4 is 15.7 Å². The molecule has 130 valence electrons. The fourth-order valence-electron chi connectivity index (χ4n) is 2.76. The number of likely N-dealkylation sites (N-methyl/N-ethyl adjacent to an activating group) is 1. The predicted octanol–water partition coefficient (Wildman–Crippen LogP) is 0.0549. The molecular formula is C14H24N4O4S. The van der Waals surface area contributed by atoms with Crippen molar-refractivity contribution in [3.63, 3.8) is 0 Å². The number of aromatic amines is 1. The lowest BCUT2D eigenvalue weighted by Gasteiger charge is -2.35. The molecule has 0 bridgehead atoms. The van der Waals surface area contributed by atoms with Gasteiger partial charge in [0.05, 0.1) is 37.7 Å². The highest BCUT2D eigenvalue weighted by atomic mass is 32.2. The molecule has 1 saturated heterocycles. The number of sulfone groups is 1. The van der Waals surface area contributed by atoms with E-state index in [-0.39, 0.29) is 23.4 Å². The number of morpholine rings is 1. The van der Waals surface area contributed by atoms with E-state index in [9.17, 15) is 13.2 Å². The first kappa shape index (κ1) is 17.9. The van der Waals surface area contributed by atoms with Gasteiger partial charge in [0.15, 0.2) is 9.84 Å². The van der Waals surface area contributed by atoms with Gasteiger partial charge >= 0.3 is 0 Å². The van der Waals surface area contributed by atoms with Crippen molar-refractivity contribution < 1.29 is 17.9 Å². The highest BCUT2D eigenvalue weighted by molar-refractivity contribution is 7.90. The van der Waals surface area contributed by atoms with Crippen LogP contribution in [-0.2, 0) is 19.4 Å². The summed E-state index contributed by atoms with van der Waals surface area (Å²) in [6.45, 7) is 6.84. The summed E-state index contributed by atoms with van der Waals surface area (Å²) in [6.07, 6.45) is 2.46. The Labute approximate surface area is 136 Å². The molecule has 2 heterocycles. The van der Waals surface area contributed by atoms with Crippen LogP contribution < -0.4 is 0 Å². The largest absolute Gasteiger partial charge is 0.378 e. The molecule has 0 aromatic carbocycles. The number of nitrogens with one attached hydrogen (secondary N) is 1. The molecule has 1 aliphatic rings. The van der Waals surface area contributed by atoms with E-state index in [1.54, 1.807) is 4.90 Å². The normalized spacial score (nSPS) is 19.7. The highest BCUT2D eigenvalue weighted by Gasteiger charge is 2.32. The molecule has 1 aliphatic heterocycles. The third-order valence-electron chi connectivity index (χ3n) is 4.06. The number of aromatic nitrogens is 2. The van der Waals surface area contributed by atoms with Crippen LogP contribution in [-0.4, -0.2) is 80.0 Å². The lowest BCUT2D eigenvalue weighted by Crippen LogP contribution is -2.46. The van der Waals surface area contributed by atoms with Gasteiger partial charge < -0.3 is 9.64 Å². The van der Waals surface area contributed by atoms with Crippen molar-refractivity contribution in [2.24, 2.45) is 0 Å². The van der Waals surface area contributed by atoms with Gasteiger partial charge in [0.1, 0.15) is 4.90 Å². The van der Waals surface area contributed by atoms with Crippen molar-refractivity contribution in [2.45, 2.75) is 24.8 Å². The van der Waals surface area contributed by atoms with Gasteiger partial charge in [0.25, 0.3) is 0 Å². The maximum atomic E-state index is 12.4. The zero-order valence-electron chi connectivity index (χ0n) is 13.8. The summed E-state index contributed by atoms with van der Waals surface area (Å²) >= 11 is 0. The molecule has 1 amide bonds. The summed E-state index contributed by atoms with van der Waals surface area (Å²) in [5.74, 6) is 0.0299. The van der Waals surface area contributed by atoms with E-state index in [0.29, 0.717) is 38.5 Å². The second kappa shape index (κ2) is 7.41. The number of ether oxygens (including phenoxy) is 1. The molecule has 23 heavy (non-hydrogen) atoms. The Balaban J connectivity index is 2.23. The summed E-state index contributed by atoms with van der Waals surface area (Å²) < 4.78 is 29.3. The first-order valence-corrected chi connectivity index (χ1v) is 9.60. The number of nitrogens with zero attached hydrogens (tertiary/aromatic N) is 3. The van der Waals surface area contributed by atoms with Gasteiger partial charge in [-0.15, -0.1) is 0 Å². The molecule has 1 N–H and O–H groups in total. The van der Waals surface area contributed by atoms with E-state index in [1.165, 1.54) is 6.20 Å². The Morgan fingerprint density at radius 2 is 2.17 bits per heavy atom. The van der Waals surface area contributed by atoms with Crippen molar-refractivity contribution in [2.75, 3.05) is 45.6 Å². The van der Waals surface area contributed by atoms with Crippen molar-refractivity contribution in [1.82, 2.24) is 20.0 Å². The van der Waals surface area contributed by atoms with E-state index in [4.69, 9.17) is 4.74 Å². The Kier molecular flexibility index (Phi) is 5.77. The van der Waals surface area contributed by atoms with Gasteiger partial charge in [-0.2, -0.15) is 5.10 Å². The van der Waals surface area contributed by atoms with Crippen LogP contribution >= 0.6 is 0 Å². The van der Waals surface area contributed by atoms with Crippen LogP contribution in [0.1, 0.15) is 25.6 Å². The van der Waals surface area contributed by atoms with Crippen molar-refractivity contribution in [1.29, 1.82) is 0 Å². The van der Waals surface area contributed by atoms with Gasteiger partial charge in [0.2, 0.25) is 5.91 Å². The van der Waals surface area contributed by atoms with Gasteiger partial charge in [-0.3, -0.25) is 14.8 Å². The van der Waals surface area contributed by atoms with Crippen LogP contribution in [0.4, 0.5) is 0 Å². The minimum Gasteiger partial charge on any atom is -0.378 e. The number of rotatable bonds is 6. The molecule has 1 atom stereocenters. The molecule has 0 saturated carbocycles. The SMILES string of the molecule is CCN(CC)C(=O)CN1CCOC[C@H]1c1[nH]ncc1S(C)(=O)=O. The first-order valence-electron chi connectivity index (χ1n) is 7.71. The summed E-state index contributed by atoms with van der Waals surface area (Å²) in [5, 5.41) is 6.63. The quantitative estimate of drug-likeness (QED) is 0.784. The number of H-pyrrole nitrogens is 1. The maximum absolute atomic E-state index is 12.4. The Bertz CT molecular complexity index is 639. The van der Waals surface area contributed by atoms with Crippen LogP contribution in [0.2, 0.25) is 0 Å². The van der Waals surface area contributed by atoms with Gasteiger partial charge in [0, 0.05) is 25.9 Å². The topological polar surface area (TPSA) is 95.6 Å². The van der Waals surface area contributed by atoms with Gasteiger partial charge in [-0.1, -0.05) is 0 Å². The average Bonchev–Trinajstić information content (AvgIpc) is 2.98. The number of amides is 1. The molecule has 0 radical (unpaired) electrons. The molecule has 0 unspecified atom stereocenters. The minimum atomic E-state index is -3.39. The van der Waals surface area contributed by atoms with E-state index in [0.717, 1.165) is 6.26 Å². The minimum absolute atomic E-state index is 0.0299. The van der Waals surface area contributed by atoms with Gasteiger partial charge in [-0.05, 0) is 13.8 Å². The Hall–Kier alpha value is -1.45. The van der Waals surface area contributed by atoms with Crippen LogP contribution in [0.25, 0.3) is 0 Å². The molecule has 8 nitrogen and oxygen atoms in total. The fraction of sp³-hybridized carbons (Fsp3) is 0.714. The smallest absolute Gasteiger partial charge is 0.236 e. The van der Waals surface area contributed by atoms with E-state index < -0.39 is 9.84 Å². The number of carbonyl (C=O) groups excluding carboxylic acids is 1. The zero-order valence-corrected chi connectivity index (χ0v) is 14.6. The fourth-order valence-corrected chi connectivity index (χ4v) is 3.59. The molecule has 1 aromatic rings. The monoisotopic (exact) mass is 344 g/mol. The molecule has 2 rings (SSSR count). The third-order valence-corrected chi connectivity index (χ3v) is 5.18. The van der Waals surface area contributed by atoms with E-state index >= 15 is 0 Å². The van der Waals surface area contributed by atoms with Crippen LogP contribution in [0, 0.1) is 0 Å². The molecule has 0 aliphatic carbocycles. The Morgan fingerprint density at radius 1 is 1.48 bits per heavy atom. The zero-order chi connectivity index (χ0) is 17.0. The summed E-state index contributed by atoms with van der Waals surface area (Å²) in [4.78, 5) is 16.2. The summed E-state index contributed by atoms with van der Waals surface area (Å²) in [5.41, 5.74) is 0.486. The molecular weight excluding hydrogens is 320 g/mol. The summed E-state index contributed by atoms with van der Waals surface area (Å²) in [6, 6.07) is -0.324. The standard InChI is InChI=1S/C14H24N4O4S/c1-4-17(5-2)13(19)9-18-6-7-22-10-11(18)14-12(8-15-16-14)23(3,20)21/h8,11H,4-7,9-10H2,1-3H3,(H,15,16)/t11-/m0/s1. The molecule has 1 aromatic heterocycles. The number of carbonyl (C=O) groups is 1. The lowest BCUT2D eigenvalue weighted by atomic mass is 10.1. The maximum Gasteiger partial charge on any atom is 0.236 e. The number of hydrogen-bond acceptors (Lipinski definition) is 6. The molecule has 9 heteroatoms. The summed E-state index contributed by atoms with van der Waals surface area (Å²) in [7, 11) is -3.39. The van der Waals surface area contributed by atoms with Gasteiger partial charge in [-0.25, -0.2) is 8.42 Å².